The summed E-state index contributed by atoms with van der Waals surface area (Å²) in [7, 11) is 0. The van der Waals surface area contributed by atoms with Gasteiger partial charge < -0.3 is 5.32 Å². The fraction of sp³-hybridized carbons (Fsp3) is 0.0909. The van der Waals surface area contributed by atoms with Crippen molar-refractivity contribution in [3.8, 4) is 21.7 Å². The Balaban J connectivity index is 1.45. The van der Waals surface area contributed by atoms with E-state index in [1.54, 1.807) is 40.7 Å². The molecule has 0 saturated carbocycles. The first-order chi connectivity index (χ1) is 15.2. The van der Waals surface area contributed by atoms with Crippen LogP contribution in [0.25, 0.3) is 31.8 Å². The molecule has 0 bridgehead atoms. The third kappa shape index (κ3) is 4.12. The molecule has 0 spiro atoms. The number of nitrogens with one attached hydrogen (secondary N) is 1. The zero-order valence-corrected chi connectivity index (χ0v) is 17.7. The predicted octanol–water partition coefficient (Wildman–Crippen LogP) is 5.52. The second-order valence-electron chi connectivity index (χ2n) is 6.82. The summed E-state index contributed by atoms with van der Waals surface area (Å²) in [4.78, 5) is 9.95. The minimum atomic E-state index is -0.314. The number of hydrogen-bond acceptors (Lipinski definition) is 6. The van der Waals surface area contributed by atoms with Crippen LogP contribution in [0.15, 0.2) is 67.1 Å². The van der Waals surface area contributed by atoms with Crippen LogP contribution in [0.3, 0.4) is 0 Å². The van der Waals surface area contributed by atoms with Crippen molar-refractivity contribution in [2.45, 2.75) is 6.54 Å². The second-order valence-corrected chi connectivity index (χ2v) is 8.28. The zero-order chi connectivity index (χ0) is 21.2. The predicted molar refractivity (Wildman–Crippen MR) is 122 cm³/mol. The Morgan fingerprint density at radius 3 is 2.87 bits per heavy atom. The Kier molecular flexibility index (Phi) is 5.31. The number of hydrogen-bond donors (Lipinski definition) is 1. The van der Waals surface area contributed by atoms with Gasteiger partial charge in [0.05, 0.1) is 23.3 Å². The van der Waals surface area contributed by atoms with E-state index >= 15 is 0 Å². The highest BCUT2D eigenvalue weighted by Gasteiger charge is 2.13. The summed E-state index contributed by atoms with van der Waals surface area (Å²) in [5.41, 5.74) is 2.40. The van der Waals surface area contributed by atoms with Crippen LogP contribution >= 0.6 is 22.9 Å². The molecule has 2 aromatic carbocycles. The van der Waals surface area contributed by atoms with Crippen LogP contribution in [0.2, 0.25) is 5.02 Å². The largest absolute Gasteiger partial charge is 0.352 e. The van der Waals surface area contributed by atoms with E-state index in [1.807, 2.05) is 24.3 Å². The van der Waals surface area contributed by atoms with Crippen LogP contribution in [0.5, 0.6) is 0 Å². The molecule has 3 heterocycles. The average molecular weight is 451 g/mol. The van der Waals surface area contributed by atoms with Gasteiger partial charge in [0.15, 0.2) is 0 Å². The van der Waals surface area contributed by atoms with Crippen LogP contribution in [0.4, 0.5) is 10.3 Å². The fourth-order valence-corrected chi connectivity index (χ4v) is 4.70. The highest BCUT2D eigenvalue weighted by Crippen LogP contribution is 2.40. The van der Waals surface area contributed by atoms with Gasteiger partial charge in [0.2, 0.25) is 5.95 Å². The van der Waals surface area contributed by atoms with E-state index in [1.165, 1.54) is 12.1 Å². The molecular formula is C22H16ClFN6S. The van der Waals surface area contributed by atoms with E-state index in [4.69, 9.17) is 11.6 Å². The lowest BCUT2D eigenvalue weighted by Gasteiger charge is -2.06. The molecule has 0 aliphatic heterocycles. The van der Waals surface area contributed by atoms with Crippen molar-refractivity contribution in [2.75, 3.05) is 11.9 Å². The van der Waals surface area contributed by atoms with Gasteiger partial charge in [-0.05, 0) is 35.7 Å². The zero-order valence-electron chi connectivity index (χ0n) is 16.2. The van der Waals surface area contributed by atoms with E-state index in [2.05, 4.69) is 31.7 Å². The van der Waals surface area contributed by atoms with Crippen molar-refractivity contribution in [3.63, 3.8) is 0 Å². The summed E-state index contributed by atoms with van der Waals surface area (Å²) < 4.78 is 16.6. The number of fused-ring (bicyclic) bond motifs is 1. The number of rotatable bonds is 6. The Hall–Kier alpha value is -3.36. The molecule has 0 aliphatic rings. The van der Waals surface area contributed by atoms with Crippen molar-refractivity contribution >= 4 is 39.0 Å². The molecule has 5 aromatic rings. The lowest BCUT2D eigenvalue weighted by molar-refractivity contribution is 0.607. The number of anilines is 1. The fourth-order valence-electron chi connectivity index (χ4n) is 3.32. The summed E-state index contributed by atoms with van der Waals surface area (Å²) in [5.74, 6) is 0.231. The molecule has 0 atom stereocenters. The molecule has 6 nitrogen and oxygen atoms in total. The van der Waals surface area contributed by atoms with Crippen molar-refractivity contribution < 1.29 is 4.39 Å². The topological polar surface area (TPSA) is 68.5 Å². The van der Waals surface area contributed by atoms with Gasteiger partial charge in [-0.2, -0.15) is 0 Å². The second kappa shape index (κ2) is 8.41. The number of benzene rings is 2. The van der Waals surface area contributed by atoms with Gasteiger partial charge >= 0.3 is 0 Å². The Labute approximate surface area is 186 Å². The molecular weight excluding hydrogens is 435 g/mol. The van der Waals surface area contributed by atoms with Crippen molar-refractivity contribution in [1.82, 2.24) is 25.0 Å². The molecule has 1 N–H and O–H groups in total. The molecule has 0 fully saturated rings. The molecule has 9 heteroatoms. The molecule has 0 aliphatic carbocycles. The highest BCUT2D eigenvalue weighted by molar-refractivity contribution is 7.22. The minimum absolute atomic E-state index is 0.314. The van der Waals surface area contributed by atoms with Gasteiger partial charge in [0, 0.05) is 39.8 Å². The van der Waals surface area contributed by atoms with Crippen molar-refractivity contribution in [3.05, 3.63) is 78.0 Å². The smallest absolute Gasteiger partial charge is 0.223 e. The van der Waals surface area contributed by atoms with Crippen molar-refractivity contribution in [2.24, 2.45) is 0 Å². The van der Waals surface area contributed by atoms with E-state index < -0.39 is 0 Å². The molecule has 154 valence electrons. The van der Waals surface area contributed by atoms with E-state index in [0.29, 0.717) is 29.6 Å². The maximum absolute atomic E-state index is 13.9. The molecule has 0 saturated heterocycles. The van der Waals surface area contributed by atoms with E-state index in [9.17, 15) is 4.39 Å². The summed E-state index contributed by atoms with van der Waals surface area (Å²) in [6.07, 6.45) is 5.18. The summed E-state index contributed by atoms with van der Waals surface area (Å²) in [6.45, 7) is 1.29. The summed E-state index contributed by atoms with van der Waals surface area (Å²) >= 11 is 7.96. The molecule has 0 radical (unpaired) electrons. The SMILES string of the molecule is Fc1ccc(Cl)c(-c2cccc3cc(-c4ccnc(NCCn5ccnn5)n4)sc23)c1. The van der Waals surface area contributed by atoms with E-state index in [-0.39, 0.29) is 5.82 Å². The Morgan fingerprint density at radius 2 is 2.00 bits per heavy atom. The van der Waals surface area contributed by atoms with Gasteiger partial charge in [0.1, 0.15) is 5.82 Å². The standard InChI is InChI=1S/C22H16ClFN6S/c23-18-5-4-15(24)13-17(18)16-3-1-2-14-12-20(31-21(14)16)19-6-7-25-22(28-19)26-8-10-30-11-9-27-29-30/h1-7,9,11-13H,8,10H2,(H,25,26,28). The third-order valence-electron chi connectivity index (χ3n) is 4.77. The van der Waals surface area contributed by atoms with Gasteiger partial charge in [-0.15, -0.1) is 16.4 Å². The average Bonchev–Trinajstić information content (AvgIpc) is 3.45. The maximum Gasteiger partial charge on any atom is 0.223 e. The van der Waals surface area contributed by atoms with Crippen LogP contribution in [-0.2, 0) is 6.54 Å². The van der Waals surface area contributed by atoms with Crippen LogP contribution in [0.1, 0.15) is 0 Å². The van der Waals surface area contributed by atoms with Crippen LogP contribution in [-0.4, -0.2) is 31.5 Å². The number of nitrogens with zero attached hydrogens (tertiary/aromatic N) is 5. The number of thiophene rings is 1. The third-order valence-corrected chi connectivity index (χ3v) is 6.30. The molecule has 3 aromatic heterocycles. The van der Waals surface area contributed by atoms with Crippen LogP contribution < -0.4 is 5.32 Å². The first-order valence-electron chi connectivity index (χ1n) is 9.57. The van der Waals surface area contributed by atoms with Gasteiger partial charge in [0.25, 0.3) is 0 Å². The summed E-state index contributed by atoms with van der Waals surface area (Å²) in [6, 6.07) is 14.3. The molecule has 31 heavy (non-hydrogen) atoms. The quantitative estimate of drug-likeness (QED) is 0.369. The lowest BCUT2D eigenvalue weighted by Crippen LogP contribution is -2.12. The normalized spacial score (nSPS) is 11.2. The highest BCUT2D eigenvalue weighted by atomic mass is 35.5. The molecule has 5 rings (SSSR count). The maximum atomic E-state index is 13.9. The first-order valence-corrected chi connectivity index (χ1v) is 10.8. The van der Waals surface area contributed by atoms with Crippen LogP contribution in [0, 0.1) is 5.82 Å². The van der Waals surface area contributed by atoms with Crippen molar-refractivity contribution in [1.29, 1.82) is 0 Å². The molecule has 0 amide bonds. The summed E-state index contributed by atoms with van der Waals surface area (Å²) in [5, 5.41) is 12.5. The van der Waals surface area contributed by atoms with Gasteiger partial charge in [-0.3, -0.25) is 4.68 Å². The van der Waals surface area contributed by atoms with Gasteiger partial charge in [-0.1, -0.05) is 35.0 Å². The minimum Gasteiger partial charge on any atom is -0.352 e. The van der Waals surface area contributed by atoms with Gasteiger partial charge in [-0.25, -0.2) is 14.4 Å². The number of halogens is 2. The Bertz CT molecular complexity index is 1350. The van der Waals surface area contributed by atoms with E-state index in [0.717, 1.165) is 26.2 Å². The number of aromatic nitrogens is 5. The monoisotopic (exact) mass is 450 g/mol. The lowest BCUT2D eigenvalue weighted by atomic mass is 10.0. The Morgan fingerprint density at radius 1 is 1.06 bits per heavy atom. The first kappa shape index (κ1) is 19.6. The molecule has 0 unspecified atom stereocenters.